The first-order valence-corrected chi connectivity index (χ1v) is 5.32. The lowest BCUT2D eigenvalue weighted by atomic mass is 9.78. The summed E-state index contributed by atoms with van der Waals surface area (Å²) >= 11 is 0. The van der Waals surface area contributed by atoms with Crippen LogP contribution in [0.5, 0.6) is 0 Å². The lowest BCUT2D eigenvalue weighted by molar-refractivity contribution is 0.00286. The standard InChI is InChI=1S/C12H14F3N/c13-10-4-2-1-3-9(10)11(8-16)5-6-12(14,15)7-11/h1-4H,5-8,16H2. The van der Waals surface area contributed by atoms with Gasteiger partial charge in [0.25, 0.3) is 0 Å². The quantitative estimate of drug-likeness (QED) is 0.829. The molecule has 2 rings (SSSR count). The average Bonchev–Trinajstić information content (AvgIpc) is 2.56. The van der Waals surface area contributed by atoms with Gasteiger partial charge in [-0.2, -0.15) is 0 Å². The second-order valence-electron chi connectivity index (χ2n) is 4.50. The zero-order valence-corrected chi connectivity index (χ0v) is 8.85. The highest BCUT2D eigenvalue weighted by Gasteiger charge is 2.50. The Balaban J connectivity index is 2.41. The molecular weight excluding hydrogens is 215 g/mol. The van der Waals surface area contributed by atoms with E-state index in [1.165, 1.54) is 6.07 Å². The number of hydrogen-bond acceptors (Lipinski definition) is 1. The molecule has 1 nitrogen and oxygen atoms in total. The summed E-state index contributed by atoms with van der Waals surface area (Å²) in [6.45, 7) is 0.0591. The third-order valence-corrected chi connectivity index (χ3v) is 3.40. The molecular formula is C12H14F3N. The molecule has 1 saturated carbocycles. The van der Waals surface area contributed by atoms with E-state index < -0.39 is 17.2 Å². The van der Waals surface area contributed by atoms with Crippen LogP contribution in [0, 0.1) is 5.82 Å². The summed E-state index contributed by atoms with van der Waals surface area (Å²) < 4.78 is 40.2. The number of benzene rings is 1. The number of rotatable bonds is 2. The van der Waals surface area contributed by atoms with Gasteiger partial charge in [0.15, 0.2) is 0 Å². The highest BCUT2D eigenvalue weighted by molar-refractivity contribution is 5.30. The molecule has 88 valence electrons. The first-order valence-electron chi connectivity index (χ1n) is 5.32. The Hall–Kier alpha value is -1.03. The van der Waals surface area contributed by atoms with Crippen molar-refractivity contribution in [1.29, 1.82) is 0 Å². The molecule has 1 aliphatic rings. The molecule has 4 heteroatoms. The number of nitrogens with two attached hydrogens (primary N) is 1. The fraction of sp³-hybridized carbons (Fsp3) is 0.500. The highest BCUT2D eigenvalue weighted by Crippen LogP contribution is 2.48. The monoisotopic (exact) mass is 229 g/mol. The molecule has 0 amide bonds. The molecule has 0 bridgehead atoms. The van der Waals surface area contributed by atoms with Gasteiger partial charge in [0.2, 0.25) is 5.92 Å². The van der Waals surface area contributed by atoms with Gasteiger partial charge >= 0.3 is 0 Å². The van der Waals surface area contributed by atoms with Crippen molar-refractivity contribution in [1.82, 2.24) is 0 Å². The van der Waals surface area contributed by atoms with Crippen LogP contribution in [0.25, 0.3) is 0 Å². The maximum atomic E-state index is 13.6. The molecule has 1 aromatic rings. The van der Waals surface area contributed by atoms with Crippen LogP contribution in [-0.4, -0.2) is 12.5 Å². The molecule has 0 spiro atoms. The predicted octanol–water partition coefficient (Wildman–Crippen LogP) is 2.84. The fourth-order valence-corrected chi connectivity index (χ4v) is 2.50. The topological polar surface area (TPSA) is 26.0 Å². The van der Waals surface area contributed by atoms with Crippen LogP contribution in [0.4, 0.5) is 13.2 Å². The lowest BCUT2D eigenvalue weighted by Gasteiger charge is -2.28. The van der Waals surface area contributed by atoms with Crippen molar-refractivity contribution in [2.75, 3.05) is 6.54 Å². The van der Waals surface area contributed by atoms with Gasteiger partial charge < -0.3 is 5.73 Å². The van der Waals surface area contributed by atoms with Crippen LogP contribution in [0.2, 0.25) is 0 Å². The van der Waals surface area contributed by atoms with Crippen LogP contribution in [0.1, 0.15) is 24.8 Å². The second kappa shape index (κ2) is 3.77. The van der Waals surface area contributed by atoms with Gasteiger partial charge in [0, 0.05) is 24.8 Å². The smallest absolute Gasteiger partial charge is 0.249 e. The summed E-state index contributed by atoms with van der Waals surface area (Å²) in [5.41, 5.74) is 5.03. The Morgan fingerprint density at radius 3 is 2.38 bits per heavy atom. The van der Waals surface area contributed by atoms with Crippen molar-refractivity contribution in [3.8, 4) is 0 Å². The van der Waals surface area contributed by atoms with Crippen LogP contribution in [0.15, 0.2) is 24.3 Å². The van der Waals surface area contributed by atoms with E-state index in [9.17, 15) is 13.2 Å². The molecule has 0 aromatic heterocycles. The molecule has 1 aromatic carbocycles. The summed E-state index contributed by atoms with van der Waals surface area (Å²) in [6.07, 6.45) is -0.312. The largest absolute Gasteiger partial charge is 0.330 e. The van der Waals surface area contributed by atoms with E-state index in [0.29, 0.717) is 5.56 Å². The summed E-state index contributed by atoms with van der Waals surface area (Å²) in [5.74, 6) is -3.16. The van der Waals surface area contributed by atoms with E-state index in [1.54, 1.807) is 18.2 Å². The summed E-state index contributed by atoms with van der Waals surface area (Å²) in [7, 11) is 0. The molecule has 1 fully saturated rings. The van der Waals surface area contributed by atoms with Gasteiger partial charge in [-0.25, -0.2) is 13.2 Å². The maximum absolute atomic E-state index is 13.6. The predicted molar refractivity (Wildman–Crippen MR) is 55.9 cm³/mol. The van der Waals surface area contributed by atoms with E-state index in [4.69, 9.17) is 5.73 Å². The molecule has 1 unspecified atom stereocenters. The summed E-state index contributed by atoms with van der Waals surface area (Å²) in [5, 5.41) is 0. The second-order valence-corrected chi connectivity index (χ2v) is 4.50. The van der Waals surface area contributed by atoms with Crippen molar-refractivity contribution >= 4 is 0 Å². The van der Waals surface area contributed by atoms with Crippen LogP contribution in [0.3, 0.4) is 0 Å². The Morgan fingerprint density at radius 2 is 1.88 bits per heavy atom. The summed E-state index contributed by atoms with van der Waals surface area (Å²) in [6, 6.07) is 6.06. The first-order chi connectivity index (χ1) is 7.49. The number of halogens is 3. The Morgan fingerprint density at radius 1 is 1.19 bits per heavy atom. The minimum absolute atomic E-state index is 0.0591. The van der Waals surface area contributed by atoms with Crippen LogP contribution in [-0.2, 0) is 5.41 Å². The van der Waals surface area contributed by atoms with Crippen molar-refractivity contribution < 1.29 is 13.2 Å². The zero-order valence-electron chi connectivity index (χ0n) is 8.85. The van der Waals surface area contributed by atoms with E-state index >= 15 is 0 Å². The van der Waals surface area contributed by atoms with Gasteiger partial charge in [-0.15, -0.1) is 0 Å². The number of alkyl halides is 2. The molecule has 0 aliphatic heterocycles. The van der Waals surface area contributed by atoms with E-state index in [2.05, 4.69) is 0 Å². The van der Waals surface area contributed by atoms with Gasteiger partial charge in [0.1, 0.15) is 5.82 Å². The highest BCUT2D eigenvalue weighted by atomic mass is 19.3. The fourth-order valence-electron chi connectivity index (χ4n) is 2.50. The molecule has 2 N–H and O–H groups in total. The van der Waals surface area contributed by atoms with Gasteiger partial charge in [-0.3, -0.25) is 0 Å². The maximum Gasteiger partial charge on any atom is 0.249 e. The van der Waals surface area contributed by atoms with Gasteiger partial charge in [0.05, 0.1) is 0 Å². The van der Waals surface area contributed by atoms with Crippen LogP contribution >= 0.6 is 0 Å². The SMILES string of the molecule is NCC1(c2ccccc2F)CCC(F)(F)C1. The first kappa shape index (κ1) is 11.5. The van der Waals surface area contributed by atoms with E-state index in [-0.39, 0.29) is 25.8 Å². The van der Waals surface area contributed by atoms with Gasteiger partial charge in [-0.05, 0) is 18.1 Å². The molecule has 1 aliphatic carbocycles. The Labute approximate surface area is 92.5 Å². The number of hydrogen-bond donors (Lipinski definition) is 1. The van der Waals surface area contributed by atoms with E-state index in [1.807, 2.05) is 0 Å². The minimum Gasteiger partial charge on any atom is -0.330 e. The third-order valence-electron chi connectivity index (χ3n) is 3.40. The average molecular weight is 229 g/mol. The molecule has 1 atom stereocenters. The van der Waals surface area contributed by atoms with Crippen molar-refractivity contribution in [3.05, 3.63) is 35.6 Å². The van der Waals surface area contributed by atoms with Crippen molar-refractivity contribution in [2.24, 2.45) is 5.73 Å². The molecule has 0 heterocycles. The normalized spacial score (nSPS) is 28.2. The Bertz CT molecular complexity index is 392. The van der Waals surface area contributed by atoms with Crippen molar-refractivity contribution in [3.63, 3.8) is 0 Å². The molecule has 0 saturated heterocycles. The van der Waals surface area contributed by atoms with Gasteiger partial charge in [-0.1, -0.05) is 18.2 Å². The molecule has 16 heavy (non-hydrogen) atoms. The molecule has 0 radical (unpaired) electrons. The zero-order chi connectivity index (χ0) is 11.8. The lowest BCUT2D eigenvalue weighted by Crippen LogP contribution is -2.34. The minimum atomic E-state index is -2.72. The van der Waals surface area contributed by atoms with E-state index in [0.717, 1.165) is 0 Å². The van der Waals surface area contributed by atoms with Crippen molar-refractivity contribution in [2.45, 2.75) is 30.6 Å². The Kier molecular flexibility index (Phi) is 2.70. The van der Waals surface area contributed by atoms with Crippen LogP contribution < -0.4 is 5.73 Å². The third kappa shape index (κ3) is 1.82. The summed E-state index contributed by atoms with van der Waals surface area (Å²) in [4.78, 5) is 0.